The van der Waals surface area contributed by atoms with Crippen LogP contribution in [-0.2, 0) is 10.0 Å². The number of hydrogen-bond acceptors (Lipinski definition) is 4. The van der Waals surface area contributed by atoms with Crippen molar-refractivity contribution in [3.8, 4) is 5.75 Å². The van der Waals surface area contributed by atoms with E-state index < -0.39 is 10.0 Å². The Morgan fingerprint density at radius 1 is 1.08 bits per heavy atom. The van der Waals surface area contributed by atoms with E-state index in [4.69, 9.17) is 4.74 Å². The number of ether oxygens (including phenoxy) is 1. The summed E-state index contributed by atoms with van der Waals surface area (Å²) in [6, 6.07) is 13.9. The fraction of sp³-hybridized carbons (Fsp3) is 0.368. The summed E-state index contributed by atoms with van der Waals surface area (Å²) in [4.78, 5) is 2.57. The quantitative estimate of drug-likeness (QED) is 0.883. The van der Waals surface area contributed by atoms with E-state index in [0.717, 1.165) is 18.8 Å². The highest BCUT2D eigenvalue weighted by atomic mass is 32.2. The first-order chi connectivity index (χ1) is 12.0. The van der Waals surface area contributed by atoms with E-state index >= 15 is 0 Å². The van der Waals surface area contributed by atoms with Gasteiger partial charge in [-0.1, -0.05) is 6.92 Å². The van der Waals surface area contributed by atoms with E-state index in [9.17, 15) is 8.42 Å². The van der Waals surface area contributed by atoms with Crippen LogP contribution in [0.5, 0.6) is 5.75 Å². The summed E-state index contributed by atoms with van der Waals surface area (Å²) in [6.45, 7) is 4.38. The maximum absolute atomic E-state index is 12.5. The SMILES string of the molecule is COc1ccc(S(=O)(=O)Nc2ccc(N3CCCC(C)C3)cc2)cc1. The van der Waals surface area contributed by atoms with Gasteiger partial charge in [0.1, 0.15) is 5.75 Å². The third-order valence-corrected chi connectivity index (χ3v) is 5.91. The number of methoxy groups -OCH3 is 1. The summed E-state index contributed by atoms with van der Waals surface area (Å²) in [7, 11) is -2.06. The predicted molar refractivity (Wildman–Crippen MR) is 101 cm³/mol. The van der Waals surface area contributed by atoms with Crippen LogP contribution in [-0.4, -0.2) is 28.6 Å². The number of anilines is 2. The van der Waals surface area contributed by atoms with E-state index in [1.165, 1.54) is 25.0 Å². The van der Waals surface area contributed by atoms with Crippen molar-refractivity contribution in [1.29, 1.82) is 0 Å². The van der Waals surface area contributed by atoms with Crippen LogP contribution in [0, 0.1) is 5.92 Å². The molecule has 1 unspecified atom stereocenters. The van der Waals surface area contributed by atoms with Crippen LogP contribution in [0.25, 0.3) is 0 Å². The van der Waals surface area contributed by atoms with Gasteiger partial charge in [-0.2, -0.15) is 0 Å². The maximum Gasteiger partial charge on any atom is 0.261 e. The molecule has 0 bridgehead atoms. The molecule has 1 aliphatic heterocycles. The molecule has 0 spiro atoms. The molecule has 0 amide bonds. The van der Waals surface area contributed by atoms with Gasteiger partial charge in [0, 0.05) is 24.5 Å². The minimum atomic E-state index is -3.60. The van der Waals surface area contributed by atoms with Crippen molar-refractivity contribution in [2.75, 3.05) is 29.8 Å². The van der Waals surface area contributed by atoms with Crippen LogP contribution in [0.2, 0.25) is 0 Å². The second kappa shape index (κ2) is 7.35. The fourth-order valence-electron chi connectivity index (χ4n) is 3.13. The van der Waals surface area contributed by atoms with E-state index in [0.29, 0.717) is 17.4 Å². The van der Waals surface area contributed by atoms with Gasteiger partial charge in [-0.3, -0.25) is 4.72 Å². The average Bonchev–Trinajstić information content (AvgIpc) is 2.62. The van der Waals surface area contributed by atoms with Gasteiger partial charge in [0.2, 0.25) is 0 Å². The van der Waals surface area contributed by atoms with Crippen LogP contribution < -0.4 is 14.4 Å². The first-order valence-corrected chi connectivity index (χ1v) is 9.98. The molecule has 1 fully saturated rings. The van der Waals surface area contributed by atoms with Gasteiger partial charge in [0.15, 0.2) is 0 Å². The Labute approximate surface area is 149 Å². The van der Waals surface area contributed by atoms with Gasteiger partial charge in [0.25, 0.3) is 10.0 Å². The molecule has 6 heteroatoms. The molecule has 0 saturated carbocycles. The normalized spacial score (nSPS) is 18.0. The van der Waals surface area contributed by atoms with Gasteiger partial charge >= 0.3 is 0 Å². The zero-order valence-corrected chi connectivity index (χ0v) is 15.4. The smallest absolute Gasteiger partial charge is 0.261 e. The molecule has 2 aromatic rings. The number of benzene rings is 2. The lowest BCUT2D eigenvalue weighted by atomic mass is 10.00. The number of piperidine rings is 1. The van der Waals surface area contributed by atoms with Gasteiger partial charge in [-0.15, -0.1) is 0 Å². The monoisotopic (exact) mass is 360 g/mol. The molecule has 1 saturated heterocycles. The Morgan fingerprint density at radius 3 is 2.36 bits per heavy atom. The zero-order valence-electron chi connectivity index (χ0n) is 14.6. The first kappa shape index (κ1) is 17.6. The van der Waals surface area contributed by atoms with Crippen LogP contribution in [0.3, 0.4) is 0 Å². The second-order valence-corrected chi connectivity index (χ2v) is 8.20. The molecule has 1 N–H and O–H groups in total. The third kappa shape index (κ3) is 4.25. The molecule has 1 aliphatic rings. The van der Waals surface area contributed by atoms with Crippen LogP contribution >= 0.6 is 0 Å². The van der Waals surface area contributed by atoms with Gasteiger partial charge in [-0.05, 0) is 67.3 Å². The Morgan fingerprint density at radius 2 is 1.76 bits per heavy atom. The van der Waals surface area contributed by atoms with E-state index in [2.05, 4.69) is 16.5 Å². The summed E-state index contributed by atoms with van der Waals surface area (Å²) in [6.07, 6.45) is 2.48. The molecule has 3 rings (SSSR count). The largest absolute Gasteiger partial charge is 0.497 e. The van der Waals surface area contributed by atoms with Crippen molar-refractivity contribution in [2.24, 2.45) is 5.92 Å². The molecule has 2 aromatic carbocycles. The summed E-state index contributed by atoms with van der Waals surface area (Å²) in [5, 5.41) is 0. The Balaban J connectivity index is 1.71. The number of sulfonamides is 1. The summed E-state index contributed by atoms with van der Waals surface area (Å²) < 4.78 is 32.6. The molecule has 1 atom stereocenters. The lowest BCUT2D eigenvalue weighted by Gasteiger charge is -2.32. The number of rotatable bonds is 5. The summed E-state index contributed by atoms with van der Waals surface area (Å²) in [5.41, 5.74) is 1.70. The molecule has 25 heavy (non-hydrogen) atoms. The van der Waals surface area contributed by atoms with Crippen molar-refractivity contribution in [1.82, 2.24) is 0 Å². The van der Waals surface area contributed by atoms with Crippen LogP contribution in [0.15, 0.2) is 53.4 Å². The van der Waals surface area contributed by atoms with E-state index in [1.807, 2.05) is 24.3 Å². The average molecular weight is 360 g/mol. The second-order valence-electron chi connectivity index (χ2n) is 6.52. The van der Waals surface area contributed by atoms with Crippen LogP contribution in [0.1, 0.15) is 19.8 Å². The molecular formula is C19H24N2O3S. The number of nitrogens with one attached hydrogen (secondary N) is 1. The van der Waals surface area contributed by atoms with Crippen molar-refractivity contribution in [2.45, 2.75) is 24.7 Å². The predicted octanol–water partition coefficient (Wildman–Crippen LogP) is 3.73. The standard InChI is InChI=1S/C19H24N2O3S/c1-15-4-3-13-21(14-15)17-7-5-16(6-8-17)20-25(22,23)19-11-9-18(24-2)10-12-19/h5-12,15,20H,3-4,13-14H2,1-2H3. The lowest BCUT2D eigenvalue weighted by Crippen LogP contribution is -2.34. The maximum atomic E-state index is 12.5. The Kier molecular flexibility index (Phi) is 5.18. The fourth-order valence-corrected chi connectivity index (χ4v) is 4.19. The molecular weight excluding hydrogens is 336 g/mol. The summed E-state index contributed by atoms with van der Waals surface area (Å²) in [5.74, 6) is 1.32. The highest BCUT2D eigenvalue weighted by Crippen LogP contribution is 2.25. The number of hydrogen-bond donors (Lipinski definition) is 1. The van der Waals surface area contributed by atoms with Crippen molar-refractivity contribution < 1.29 is 13.2 Å². The molecule has 0 aliphatic carbocycles. The highest BCUT2D eigenvalue weighted by Gasteiger charge is 2.17. The minimum absolute atomic E-state index is 0.210. The summed E-state index contributed by atoms with van der Waals surface area (Å²) >= 11 is 0. The van der Waals surface area contributed by atoms with Crippen molar-refractivity contribution in [3.05, 3.63) is 48.5 Å². The number of nitrogens with zero attached hydrogens (tertiary/aromatic N) is 1. The van der Waals surface area contributed by atoms with E-state index in [-0.39, 0.29) is 4.90 Å². The van der Waals surface area contributed by atoms with Crippen molar-refractivity contribution in [3.63, 3.8) is 0 Å². The Bertz CT molecular complexity index is 802. The molecule has 1 heterocycles. The first-order valence-electron chi connectivity index (χ1n) is 8.50. The van der Waals surface area contributed by atoms with Gasteiger partial charge < -0.3 is 9.64 Å². The van der Waals surface area contributed by atoms with Gasteiger partial charge in [0.05, 0.1) is 12.0 Å². The van der Waals surface area contributed by atoms with Crippen molar-refractivity contribution >= 4 is 21.4 Å². The minimum Gasteiger partial charge on any atom is -0.497 e. The Hall–Kier alpha value is -2.21. The topological polar surface area (TPSA) is 58.6 Å². The van der Waals surface area contributed by atoms with Crippen LogP contribution in [0.4, 0.5) is 11.4 Å². The third-order valence-electron chi connectivity index (χ3n) is 4.51. The lowest BCUT2D eigenvalue weighted by molar-refractivity contribution is 0.414. The van der Waals surface area contributed by atoms with Gasteiger partial charge in [-0.25, -0.2) is 8.42 Å². The molecule has 134 valence electrons. The highest BCUT2D eigenvalue weighted by molar-refractivity contribution is 7.92. The van der Waals surface area contributed by atoms with E-state index in [1.54, 1.807) is 19.2 Å². The zero-order chi connectivity index (χ0) is 17.9. The molecule has 0 aromatic heterocycles. The molecule has 0 radical (unpaired) electrons. The molecule has 5 nitrogen and oxygen atoms in total.